The maximum absolute atomic E-state index is 4.64. The second kappa shape index (κ2) is 6.98. The lowest BCUT2D eigenvalue weighted by molar-refractivity contribution is 0.479. The average molecular weight is 280 g/mol. The predicted molar refractivity (Wildman–Crippen MR) is 82.6 cm³/mol. The van der Waals surface area contributed by atoms with Crippen molar-refractivity contribution in [3.8, 4) is 0 Å². The van der Waals surface area contributed by atoms with Gasteiger partial charge in [0.05, 0.1) is 13.1 Å². The fourth-order valence-electron chi connectivity index (χ4n) is 2.48. The number of aliphatic imine (C=N–C) groups is 1. The van der Waals surface area contributed by atoms with Crippen LogP contribution in [0.2, 0.25) is 0 Å². The Hall–Kier alpha value is -0.970. The minimum atomic E-state index is 0.353. The van der Waals surface area contributed by atoms with Crippen LogP contribution in [0.3, 0.4) is 0 Å². The van der Waals surface area contributed by atoms with E-state index in [0.29, 0.717) is 11.3 Å². The molecule has 0 bridgehead atoms. The quantitative estimate of drug-likeness (QED) is 0.871. The van der Waals surface area contributed by atoms with Crippen molar-refractivity contribution >= 4 is 16.9 Å². The lowest BCUT2D eigenvalue weighted by Crippen LogP contribution is -2.34. The Morgan fingerprint density at radius 2 is 2.26 bits per heavy atom. The smallest absolute Gasteiger partial charge is 0.157 e. The zero-order valence-electron chi connectivity index (χ0n) is 12.0. The highest BCUT2D eigenvalue weighted by Crippen LogP contribution is 2.30. The highest BCUT2D eigenvalue weighted by molar-refractivity contribution is 8.14. The van der Waals surface area contributed by atoms with E-state index in [4.69, 9.17) is 0 Å². The molecular formula is C14H24N4S. The van der Waals surface area contributed by atoms with Crippen LogP contribution in [-0.4, -0.2) is 32.8 Å². The molecule has 1 N–H and O–H groups in total. The molecular weight excluding hydrogens is 256 g/mol. The summed E-state index contributed by atoms with van der Waals surface area (Å²) in [6, 6.07) is 2.31. The molecule has 19 heavy (non-hydrogen) atoms. The Balaban J connectivity index is 1.78. The van der Waals surface area contributed by atoms with E-state index in [1.165, 1.54) is 12.8 Å². The van der Waals surface area contributed by atoms with Gasteiger partial charge in [0.2, 0.25) is 0 Å². The maximum atomic E-state index is 4.64. The molecule has 2 atom stereocenters. The van der Waals surface area contributed by atoms with Gasteiger partial charge < -0.3 is 5.32 Å². The summed E-state index contributed by atoms with van der Waals surface area (Å²) in [5.74, 6) is 0.787. The second-order valence-electron chi connectivity index (χ2n) is 5.15. The van der Waals surface area contributed by atoms with Crippen molar-refractivity contribution in [1.82, 2.24) is 15.1 Å². The molecule has 2 rings (SSSR count). The Labute approximate surface area is 120 Å². The third-order valence-electron chi connectivity index (χ3n) is 3.64. The zero-order chi connectivity index (χ0) is 13.7. The summed E-state index contributed by atoms with van der Waals surface area (Å²) < 4.78 is 1.95. The fraction of sp³-hybridized carbons (Fsp3) is 0.714. The third kappa shape index (κ3) is 4.00. The van der Waals surface area contributed by atoms with Crippen molar-refractivity contribution in [2.24, 2.45) is 10.9 Å². The molecule has 0 aromatic carbocycles. The topological polar surface area (TPSA) is 42.2 Å². The second-order valence-corrected chi connectivity index (χ2v) is 6.38. The van der Waals surface area contributed by atoms with Crippen LogP contribution in [0.15, 0.2) is 23.5 Å². The van der Waals surface area contributed by atoms with Gasteiger partial charge in [-0.25, -0.2) is 0 Å². The minimum absolute atomic E-state index is 0.353. The Morgan fingerprint density at radius 3 is 2.89 bits per heavy atom. The van der Waals surface area contributed by atoms with E-state index in [9.17, 15) is 0 Å². The molecule has 0 spiro atoms. The van der Waals surface area contributed by atoms with Crippen LogP contribution < -0.4 is 5.32 Å². The first-order valence-electron chi connectivity index (χ1n) is 7.18. The lowest BCUT2D eigenvalue weighted by Gasteiger charge is -2.19. The molecule has 106 valence electrons. The van der Waals surface area contributed by atoms with Crippen molar-refractivity contribution in [3.05, 3.63) is 18.5 Å². The number of rotatable bonds is 6. The minimum Gasteiger partial charge on any atom is -0.361 e. The third-order valence-corrected chi connectivity index (χ3v) is 4.95. The predicted octanol–water partition coefficient (Wildman–Crippen LogP) is 2.77. The van der Waals surface area contributed by atoms with Gasteiger partial charge in [-0.05, 0) is 18.9 Å². The Morgan fingerprint density at radius 1 is 1.47 bits per heavy atom. The molecule has 0 radical (unpaired) electrons. The Bertz CT molecular complexity index is 398. The fourth-order valence-corrected chi connectivity index (χ4v) is 3.91. The normalized spacial score (nSPS) is 20.6. The first kappa shape index (κ1) is 14.4. The monoisotopic (exact) mass is 280 g/mol. The highest BCUT2D eigenvalue weighted by Gasteiger charge is 2.26. The molecule has 2 unspecified atom stereocenters. The number of hydrogen-bond acceptors (Lipinski definition) is 4. The average Bonchev–Trinajstić information content (AvgIpc) is 3.03. The summed E-state index contributed by atoms with van der Waals surface area (Å²) in [4.78, 5) is 4.64. The van der Waals surface area contributed by atoms with E-state index in [1.54, 1.807) is 0 Å². The number of amidine groups is 1. The van der Waals surface area contributed by atoms with Gasteiger partial charge in [0.25, 0.3) is 0 Å². The number of hydrogen-bond donors (Lipinski definition) is 1. The summed E-state index contributed by atoms with van der Waals surface area (Å²) in [7, 11) is 0. The van der Waals surface area contributed by atoms with Crippen molar-refractivity contribution in [1.29, 1.82) is 0 Å². The van der Waals surface area contributed by atoms with Crippen LogP contribution in [-0.2, 0) is 6.54 Å². The van der Waals surface area contributed by atoms with E-state index < -0.39 is 0 Å². The van der Waals surface area contributed by atoms with Gasteiger partial charge in [-0.3, -0.25) is 9.67 Å². The molecule has 1 aromatic heterocycles. The number of thioether (sulfide) groups is 1. The lowest BCUT2D eigenvalue weighted by atomic mass is 9.99. The first-order chi connectivity index (χ1) is 9.22. The number of aromatic nitrogens is 2. The molecule has 0 aliphatic carbocycles. The largest absolute Gasteiger partial charge is 0.361 e. The highest BCUT2D eigenvalue weighted by atomic mass is 32.2. The standard InChI is InChI=1S/C14H24N4S/c1-4-12(5-2)13-9-15-14(19-13)17-11(3)10-18-8-6-7-16-18/h6-8,11-13H,4-5,9-10H2,1-3H3,(H,15,17). The molecule has 1 aromatic rings. The van der Waals surface area contributed by atoms with Crippen LogP contribution >= 0.6 is 11.8 Å². The molecule has 1 aliphatic rings. The maximum Gasteiger partial charge on any atom is 0.157 e. The van der Waals surface area contributed by atoms with Gasteiger partial charge in [-0.1, -0.05) is 38.5 Å². The van der Waals surface area contributed by atoms with E-state index in [-0.39, 0.29) is 0 Å². The SMILES string of the molecule is CCC(CC)C1CN=C(NC(C)Cn2cccn2)S1. The van der Waals surface area contributed by atoms with Crippen LogP contribution in [0.4, 0.5) is 0 Å². The van der Waals surface area contributed by atoms with Gasteiger partial charge >= 0.3 is 0 Å². The van der Waals surface area contributed by atoms with Gasteiger partial charge in [0.15, 0.2) is 5.17 Å². The van der Waals surface area contributed by atoms with Gasteiger partial charge in [-0.15, -0.1) is 0 Å². The summed E-state index contributed by atoms with van der Waals surface area (Å²) >= 11 is 1.92. The van der Waals surface area contributed by atoms with Crippen molar-refractivity contribution in [2.75, 3.05) is 6.54 Å². The van der Waals surface area contributed by atoms with Crippen molar-refractivity contribution < 1.29 is 0 Å². The van der Waals surface area contributed by atoms with Gasteiger partial charge in [0, 0.05) is 23.7 Å². The summed E-state index contributed by atoms with van der Waals surface area (Å²) in [6.07, 6.45) is 6.31. The molecule has 0 fully saturated rings. The number of nitrogens with zero attached hydrogens (tertiary/aromatic N) is 3. The van der Waals surface area contributed by atoms with E-state index in [0.717, 1.165) is 24.2 Å². The Kier molecular flexibility index (Phi) is 5.31. The van der Waals surface area contributed by atoms with Crippen molar-refractivity contribution in [3.63, 3.8) is 0 Å². The molecule has 2 heterocycles. The zero-order valence-corrected chi connectivity index (χ0v) is 12.9. The van der Waals surface area contributed by atoms with Gasteiger partial charge in [-0.2, -0.15) is 5.10 Å². The molecule has 4 nitrogen and oxygen atoms in total. The van der Waals surface area contributed by atoms with Gasteiger partial charge in [0.1, 0.15) is 0 Å². The van der Waals surface area contributed by atoms with E-state index in [2.05, 4.69) is 36.2 Å². The van der Waals surface area contributed by atoms with E-state index in [1.807, 2.05) is 34.9 Å². The van der Waals surface area contributed by atoms with Crippen LogP contribution in [0.5, 0.6) is 0 Å². The first-order valence-corrected chi connectivity index (χ1v) is 8.06. The molecule has 0 saturated heterocycles. The van der Waals surface area contributed by atoms with Crippen molar-refractivity contribution in [2.45, 2.75) is 51.4 Å². The van der Waals surface area contributed by atoms with Crippen LogP contribution in [0, 0.1) is 5.92 Å². The molecule has 5 heteroatoms. The molecule has 1 aliphatic heterocycles. The van der Waals surface area contributed by atoms with E-state index >= 15 is 0 Å². The summed E-state index contributed by atoms with van der Waals surface area (Å²) in [6.45, 7) is 8.58. The number of nitrogens with one attached hydrogen (secondary N) is 1. The molecule has 0 saturated carbocycles. The summed E-state index contributed by atoms with van der Waals surface area (Å²) in [5, 5.41) is 9.50. The molecule has 0 amide bonds. The summed E-state index contributed by atoms with van der Waals surface area (Å²) in [5.41, 5.74) is 0. The van der Waals surface area contributed by atoms with Crippen LogP contribution in [0.25, 0.3) is 0 Å². The van der Waals surface area contributed by atoms with Crippen LogP contribution in [0.1, 0.15) is 33.6 Å².